The van der Waals surface area contributed by atoms with E-state index in [-0.39, 0.29) is 34.4 Å². The molecule has 8 nitrogen and oxygen atoms in total. The number of carbonyl (C=O) groups is 1. The van der Waals surface area contributed by atoms with Crippen LogP contribution in [0.1, 0.15) is 35.5 Å². The highest BCUT2D eigenvalue weighted by Crippen LogP contribution is 2.37. The molecule has 0 bridgehead atoms. The van der Waals surface area contributed by atoms with Gasteiger partial charge in [-0.1, -0.05) is 48.0 Å². The van der Waals surface area contributed by atoms with Gasteiger partial charge >= 0.3 is 5.97 Å². The van der Waals surface area contributed by atoms with Gasteiger partial charge in [-0.25, -0.2) is 27.5 Å². The molecule has 0 saturated carbocycles. The summed E-state index contributed by atoms with van der Waals surface area (Å²) in [5, 5.41) is 0. The van der Waals surface area contributed by atoms with E-state index in [1.807, 2.05) is 44.2 Å². The molecule has 0 amide bonds. The van der Waals surface area contributed by atoms with Crippen LogP contribution in [0.3, 0.4) is 0 Å². The summed E-state index contributed by atoms with van der Waals surface area (Å²) in [7, 11) is -4.24. The number of aromatic nitrogens is 2. The van der Waals surface area contributed by atoms with Crippen molar-refractivity contribution in [1.82, 2.24) is 9.97 Å². The zero-order chi connectivity index (χ0) is 27.3. The van der Waals surface area contributed by atoms with E-state index >= 15 is 0 Å². The van der Waals surface area contributed by atoms with Gasteiger partial charge < -0.3 is 9.47 Å². The second kappa shape index (κ2) is 11.4. The Kier molecular flexibility index (Phi) is 8.07. The quantitative estimate of drug-likeness (QED) is 0.249. The van der Waals surface area contributed by atoms with Crippen molar-refractivity contribution in [3.63, 3.8) is 0 Å². The third-order valence-electron chi connectivity index (χ3n) is 5.72. The van der Waals surface area contributed by atoms with E-state index in [0.717, 1.165) is 9.87 Å². The van der Waals surface area contributed by atoms with E-state index in [0.29, 0.717) is 23.6 Å². The molecule has 4 aromatic rings. The van der Waals surface area contributed by atoms with Crippen molar-refractivity contribution in [3.8, 4) is 17.1 Å². The summed E-state index contributed by atoms with van der Waals surface area (Å²) in [6.07, 6.45) is 0. The molecule has 9 heteroatoms. The predicted octanol–water partition coefficient (Wildman–Crippen LogP) is 5.86. The SMILES string of the molecule is CCOC(=O)c1c(C)nc(-c2ccccc2)nc1N(c1ccc(OCC)cc1)S(=O)(=O)c1ccc(C)cc1. The summed E-state index contributed by atoms with van der Waals surface area (Å²) in [5.41, 5.74) is 2.12. The minimum atomic E-state index is -4.24. The second-order valence-corrected chi connectivity index (χ2v) is 10.2. The van der Waals surface area contributed by atoms with Crippen LogP contribution in [0.5, 0.6) is 5.75 Å². The number of hydrogen-bond donors (Lipinski definition) is 0. The van der Waals surface area contributed by atoms with Gasteiger partial charge in [-0.2, -0.15) is 0 Å². The lowest BCUT2D eigenvalue weighted by Crippen LogP contribution is -2.30. The molecule has 1 aromatic heterocycles. The number of ether oxygens (including phenoxy) is 2. The maximum atomic E-state index is 14.2. The molecule has 3 aromatic carbocycles. The summed E-state index contributed by atoms with van der Waals surface area (Å²) < 4.78 is 40.4. The smallest absolute Gasteiger partial charge is 0.343 e. The zero-order valence-corrected chi connectivity index (χ0v) is 22.5. The summed E-state index contributed by atoms with van der Waals surface area (Å²) in [6.45, 7) is 7.62. The van der Waals surface area contributed by atoms with Crippen molar-refractivity contribution in [1.29, 1.82) is 0 Å². The summed E-state index contributed by atoms with van der Waals surface area (Å²) in [6, 6.07) is 22.2. The molecule has 4 rings (SSSR count). The number of benzene rings is 3. The highest BCUT2D eigenvalue weighted by molar-refractivity contribution is 7.93. The largest absolute Gasteiger partial charge is 0.494 e. The van der Waals surface area contributed by atoms with Crippen molar-refractivity contribution in [2.24, 2.45) is 0 Å². The van der Waals surface area contributed by atoms with Crippen molar-refractivity contribution in [3.05, 3.63) is 95.7 Å². The number of carbonyl (C=O) groups excluding carboxylic acids is 1. The van der Waals surface area contributed by atoms with Crippen LogP contribution in [0.25, 0.3) is 11.4 Å². The van der Waals surface area contributed by atoms with Gasteiger partial charge in [-0.15, -0.1) is 0 Å². The van der Waals surface area contributed by atoms with Crippen LogP contribution >= 0.6 is 0 Å². The predicted molar refractivity (Wildman–Crippen MR) is 146 cm³/mol. The molecule has 196 valence electrons. The lowest BCUT2D eigenvalue weighted by molar-refractivity contribution is 0.0525. The van der Waals surface area contributed by atoms with E-state index in [1.165, 1.54) is 12.1 Å². The maximum Gasteiger partial charge on any atom is 0.343 e. The maximum absolute atomic E-state index is 14.2. The number of nitrogens with zero attached hydrogens (tertiary/aromatic N) is 3. The molecule has 0 aliphatic rings. The van der Waals surface area contributed by atoms with Crippen LogP contribution < -0.4 is 9.04 Å². The normalized spacial score (nSPS) is 11.2. The average molecular weight is 532 g/mol. The number of esters is 1. The fraction of sp³-hybridized carbons (Fsp3) is 0.207. The molecule has 0 atom stereocenters. The molecule has 38 heavy (non-hydrogen) atoms. The van der Waals surface area contributed by atoms with Crippen molar-refractivity contribution in [2.75, 3.05) is 17.5 Å². The van der Waals surface area contributed by atoms with Gasteiger partial charge in [0.25, 0.3) is 10.0 Å². The van der Waals surface area contributed by atoms with E-state index in [1.54, 1.807) is 50.2 Å². The van der Waals surface area contributed by atoms with Crippen LogP contribution in [0.15, 0.2) is 83.8 Å². The molecular formula is C29H29N3O5S. The van der Waals surface area contributed by atoms with Gasteiger partial charge in [-0.05, 0) is 64.1 Å². The minimum Gasteiger partial charge on any atom is -0.494 e. The van der Waals surface area contributed by atoms with Gasteiger partial charge in [0.2, 0.25) is 0 Å². The highest BCUT2D eigenvalue weighted by atomic mass is 32.2. The van der Waals surface area contributed by atoms with Crippen molar-refractivity contribution >= 4 is 27.5 Å². The lowest BCUT2D eigenvalue weighted by atomic mass is 10.1. The third-order valence-corrected chi connectivity index (χ3v) is 7.45. The Labute approximate surface area is 223 Å². The van der Waals surface area contributed by atoms with Crippen LogP contribution in [-0.4, -0.2) is 37.6 Å². The Morgan fingerprint density at radius 2 is 1.50 bits per heavy atom. The Bertz CT molecular complexity index is 1520. The van der Waals surface area contributed by atoms with Crippen LogP contribution in [0.2, 0.25) is 0 Å². The topological polar surface area (TPSA) is 98.7 Å². The Hall–Kier alpha value is -4.24. The zero-order valence-electron chi connectivity index (χ0n) is 21.7. The molecule has 0 N–H and O–H groups in total. The summed E-state index contributed by atoms with van der Waals surface area (Å²) >= 11 is 0. The summed E-state index contributed by atoms with van der Waals surface area (Å²) in [4.78, 5) is 22.4. The molecule has 1 heterocycles. The van der Waals surface area contributed by atoms with Gasteiger partial charge in [-0.3, -0.25) is 0 Å². The van der Waals surface area contributed by atoms with Gasteiger partial charge in [0.15, 0.2) is 11.6 Å². The van der Waals surface area contributed by atoms with Crippen LogP contribution in [0.4, 0.5) is 11.5 Å². The standard InChI is InChI=1S/C29H29N3O5S/c1-5-36-24-16-14-23(15-17-24)32(38(34,35)25-18-12-20(3)13-19-25)28-26(29(33)37-6-2)21(4)30-27(31-28)22-10-8-7-9-11-22/h7-19H,5-6H2,1-4H3. The van der Waals surface area contributed by atoms with Gasteiger partial charge in [0.1, 0.15) is 11.3 Å². The van der Waals surface area contributed by atoms with Crippen molar-refractivity contribution < 1.29 is 22.7 Å². The molecule has 0 spiro atoms. The second-order valence-electron chi connectivity index (χ2n) is 8.43. The first-order valence-electron chi connectivity index (χ1n) is 12.2. The molecule has 0 aliphatic carbocycles. The first kappa shape index (κ1) is 26.8. The molecular weight excluding hydrogens is 502 g/mol. The molecule has 0 unspecified atom stereocenters. The van der Waals surface area contributed by atoms with Gasteiger partial charge in [0, 0.05) is 5.56 Å². The minimum absolute atomic E-state index is 0.0314. The Morgan fingerprint density at radius 3 is 2.11 bits per heavy atom. The first-order chi connectivity index (χ1) is 18.3. The van der Waals surface area contributed by atoms with Crippen molar-refractivity contribution in [2.45, 2.75) is 32.6 Å². The fourth-order valence-electron chi connectivity index (χ4n) is 3.90. The highest BCUT2D eigenvalue weighted by Gasteiger charge is 2.34. The average Bonchev–Trinajstić information content (AvgIpc) is 2.90. The van der Waals surface area contributed by atoms with Crippen LogP contribution in [-0.2, 0) is 14.8 Å². The molecule has 0 radical (unpaired) electrons. The number of hydrogen-bond acceptors (Lipinski definition) is 7. The fourth-order valence-corrected chi connectivity index (χ4v) is 5.35. The number of anilines is 2. The first-order valence-corrected chi connectivity index (χ1v) is 13.7. The number of aryl methyl sites for hydroxylation is 2. The van der Waals surface area contributed by atoms with Gasteiger partial charge in [0.05, 0.1) is 29.5 Å². The monoisotopic (exact) mass is 531 g/mol. The Balaban J connectivity index is 2.03. The van der Waals surface area contributed by atoms with E-state index in [9.17, 15) is 13.2 Å². The summed E-state index contributed by atoms with van der Waals surface area (Å²) in [5.74, 6) is 0.0498. The van der Waals surface area contributed by atoms with E-state index in [4.69, 9.17) is 9.47 Å². The third kappa shape index (κ3) is 5.52. The Morgan fingerprint density at radius 1 is 0.842 bits per heavy atom. The molecule has 0 saturated heterocycles. The molecule has 0 fully saturated rings. The molecule has 0 aliphatic heterocycles. The van der Waals surface area contributed by atoms with E-state index < -0.39 is 16.0 Å². The number of sulfonamides is 1. The van der Waals surface area contributed by atoms with E-state index in [2.05, 4.69) is 9.97 Å². The van der Waals surface area contributed by atoms with Crippen LogP contribution in [0, 0.1) is 13.8 Å². The number of rotatable bonds is 9. The lowest BCUT2D eigenvalue weighted by Gasteiger charge is -2.26.